The monoisotopic (exact) mass is 239 g/mol. The summed E-state index contributed by atoms with van der Waals surface area (Å²) >= 11 is 0. The molecule has 6 nitrogen and oxygen atoms in total. The molecule has 94 valence electrons. The fraction of sp³-hybridized carbons (Fsp3) is 0.727. The standard InChI is InChI=1S/C11H17N3O3/c1-2-14-9(12-8-13-14)7-11(10(15)16)3-5-17-6-4-11/h8H,2-7H2,1H3,(H,15,16). The van der Waals surface area contributed by atoms with Crippen LogP contribution in [-0.4, -0.2) is 39.1 Å². The van der Waals surface area contributed by atoms with E-state index in [2.05, 4.69) is 10.1 Å². The van der Waals surface area contributed by atoms with E-state index in [-0.39, 0.29) is 0 Å². The number of carbonyl (C=O) groups is 1. The van der Waals surface area contributed by atoms with Crippen molar-refractivity contribution in [2.75, 3.05) is 13.2 Å². The molecular formula is C11H17N3O3. The molecule has 0 atom stereocenters. The molecule has 2 heterocycles. The summed E-state index contributed by atoms with van der Waals surface area (Å²) in [7, 11) is 0. The van der Waals surface area contributed by atoms with Crippen molar-refractivity contribution in [2.45, 2.75) is 32.7 Å². The van der Waals surface area contributed by atoms with Gasteiger partial charge in [-0.2, -0.15) is 5.10 Å². The van der Waals surface area contributed by atoms with E-state index in [1.165, 1.54) is 6.33 Å². The summed E-state index contributed by atoms with van der Waals surface area (Å²) in [6, 6.07) is 0. The summed E-state index contributed by atoms with van der Waals surface area (Å²) in [6.45, 7) is 3.69. The molecule has 0 radical (unpaired) electrons. The third kappa shape index (κ3) is 2.31. The summed E-state index contributed by atoms with van der Waals surface area (Å²) in [5.41, 5.74) is -0.738. The van der Waals surface area contributed by atoms with Gasteiger partial charge in [0.25, 0.3) is 0 Å². The third-order valence-corrected chi connectivity index (χ3v) is 3.40. The topological polar surface area (TPSA) is 77.2 Å². The van der Waals surface area contributed by atoms with Crippen LogP contribution < -0.4 is 0 Å². The normalized spacial score (nSPS) is 19.1. The lowest BCUT2D eigenvalue weighted by Gasteiger charge is -2.32. The minimum Gasteiger partial charge on any atom is -0.481 e. The van der Waals surface area contributed by atoms with Crippen LogP contribution in [0.4, 0.5) is 0 Å². The van der Waals surface area contributed by atoms with Gasteiger partial charge in [-0.3, -0.25) is 9.48 Å². The van der Waals surface area contributed by atoms with Crippen LogP contribution in [0.3, 0.4) is 0 Å². The van der Waals surface area contributed by atoms with Crippen LogP contribution in [0, 0.1) is 5.41 Å². The maximum absolute atomic E-state index is 11.5. The highest BCUT2D eigenvalue weighted by Gasteiger charge is 2.41. The number of hydrogen-bond acceptors (Lipinski definition) is 4. The van der Waals surface area contributed by atoms with Gasteiger partial charge in [0.15, 0.2) is 0 Å². The molecule has 0 bridgehead atoms. The van der Waals surface area contributed by atoms with Crippen LogP contribution in [0.2, 0.25) is 0 Å². The van der Waals surface area contributed by atoms with E-state index in [0.717, 1.165) is 5.82 Å². The second kappa shape index (κ2) is 4.83. The quantitative estimate of drug-likeness (QED) is 0.837. The van der Waals surface area contributed by atoms with Gasteiger partial charge in [-0.05, 0) is 19.8 Å². The Kier molecular flexibility index (Phi) is 3.42. The van der Waals surface area contributed by atoms with Gasteiger partial charge in [0.2, 0.25) is 0 Å². The first-order chi connectivity index (χ1) is 8.18. The second-order valence-corrected chi connectivity index (χ2v) is 4.37. The molecule has 1 aliphatic heterocycles. The lowest BCUT2D eigenvalue weighted by atomic mass is 9.77. The van der Waals surface area contributed by atoms with Gasteiger partial charge in [0.1, 0.15) is 12.2 Å². The molecule has 0 aliphatic carbocycles. The molecule has 1 N–H and O–H groups in total. The molecule has 0 amide bonds. The van der Waals surface area contributed by atoms with Crippen molar-refractivity contribution < 1.29 is 14.6 Å². The Morgan fingerprint density at radius 1 is 1.59 bits per heavy atom. The molecule has 0 aromatic carbocycles. The summed E-state index contributed by atoms with van der Waals surface area (Å²) in [4.78, 5) is 15.6. The Morgan fingerprint density at radius 3 is 2.88 bits per heavy atom. The van der Waals surface area contributed by atoms with Crippen molar-refractivity contribution in [3.63, 3.8) is 0 Å². The van der Waals surface area contributed by atoms with Crippen LogP contribution >= 0.6 is 0 Å². The van der Waals surface area contributed by atoms with Crippen molar-refractivity contribution in [3.05, 3.63) is 12.2 Å². The molecule has 1 fully saturated rings. The molecule has 17 heavy (non-hydrogen) atoms. The van der Waals surface area contributed by atoms with E-state index in [1.807, 2.05) is 6.92 Å². The largest absolute Gasteiger partial charge is 0.481 e. The second-order valence-electron chi connectivity index (χ2n) is 4.37. The molecule has 6 heteroatoms. The van der Waals surface area contributed by atoms with E-state index >= 15 is 0 Å². The molecule has 1 aliphatic rings. The summed E-state index contributed by atoms with van der Waals surface area (Å²) in [5, 5.41) is 13.5. The minimum atomic E-state index is -0.758. The number of carboxylic acid groups (broad SMARTS) is 1. The van der Waals surface area contributed by atoms with Gasteiger partial charge < -0.3 is 9.84 Å². The van der Waals surface area contributed by atoms with Crippen LogP contribution in [0.5, 0.6) is 0 Å². The van der Waals surface area contributed by atoms with Crippen LogP contribution in [0.15, 0.2) is 6.33 Å². The number of ether oxygens (including phenoxy) is 1. The Morgan fingerprint density at radius 2 is 2.29 bits per heavy atom. The molecule has 0 unspecified atom stereocenters. The van der Waals surface area contributed by atoms with Gasteiger partial charge in [0.05, 0.1) is 5.41 Å². The van der Waals surface area contributed by atoms with E-state index < -0.39 is 11.4 Å². The van der Waals surface area contributed by atoms with Crippen molar-refractivity contribution in [1.29, 1.82) is 0 Å². The Labute approximate surface area is 99.6 Å². The zero-order valence-electron chi connectivity index (χ0n) is 9.93. The summed E-state index contributed by atoms with van der Waals surface area (Å²) in [6.07, 6.45) is 2.99. The first-order valence-corrected chi connectivity index (χ1v) is 5.86. The highest BCUT2D eigenvalue weighted by atomic mass is 16.5. The first-order valence-electron chi connectivity index (χ1n) is 5.86. The SMILES string of the molecule is CCn1ncnc1CC1(C(=O)O)CCOCC1. The molecule has 0 spiro atoms. The molecule has 0 saturated carbocycles. The van der Waals surface area contributed by atoms with Gasteiger partial charge in [-0.1, -0.05) is 0 Å². The number of carboxylic acids is 1. The number of rotatable bonds is 4. The zero-order chi connectivity index (χ0) is 12.3. The Balaban J connectivity index is 2.20. The van der Waals surface area contributed by atoms with Crippen LogP contribution in [-0.2, 0) is 22.5 Å². The van der Waals surface area contributed by atoms with Gasteiger partial charge in [-0.15, -0.1) is 0 Å². The molecular weight excluding hydrogens is 222 g/mol. The van der Waals surface area contributed by atoms with Crippen LogP contribution in [0.1, 0.15) is 25.6 Å². The maximum atomic E-state index is 11.5. The van der Waals surface area contributed by atoms with E-state index in [4.69, 9.17) is 4.74 Å². The van der Waals surface area contributed by atoms with Crippen LogP contribution in [0.25, 0.3) is 0 Å². The minimum absolute atomic E-state index is 0.430. The van der Waals surface area contributed by atoms with Gasteiger partial charge in [-0.25, -0.2) is 4.98 Å². The average Bonchev–Trinajstić information content (AvgIpc) is 2.77. The zero-order valence-corrected chi connectivity index (χ0v) is 9.93. The third-order valence-electron chi connectivity index (χ3n) is 3.40. The Hall–Kier alpha value is -1.43. The van der Waals surface area contributed by atoms with E-state index in [0.29, 0.717) is 39.0 Å². The van der Waals surface area contributed by atoms with Crippen molar-refractivity contribution in [1.82, 2.24) is 14.8 Å². The smallest absolute Gasteiger partial charge is 0.310 e. The van der Waals surface area contributed by atoms with Gasteiger partial charge >= 0.3 is 5.97 Å². The first kappa shape index (κ1) is 12.0. The van der Waals surface area contributed by atoms with E-state index in [9.17, 15) is 9.90 Å². The molecule has 1 aromatic heterocycles. The number of aromatic nitrogens is 3. The number of hydrogen-bond donors (Lipinski definition) is 1. The lowest BCUT2D eigenvalue weighted by Crippen LogP contribution is -2.39. The van der Waals surface area contributed by atoms with Crippen molar-refractivity contribution >= 4 is 5.97 Å². The highest BCUT2D eigenvalue weighted by Crippen LogP contribution is 2.34. The molecule has 1 saturated heterocycles. The maximum Gasteiger partial charge on any atom is 0.310 e. The number of aliphatic carboxylic acids is 1. The molecule has 1 aromatic rings. The van der Waals surface area contributed by atoms with Crippen molar-refractivity contribution in [3.8, 4) is 0 Å². The van der Waals surface area contributed by atoms with Crippen molar-refractivity contribution in [2.24, 2.45) is 5.41 Å². The lowest BCUT2D eigenvalue weighted by molar-refractivity contribution is -0.155. The summed E-state index contributed by atoms with van der Waals surface area (Å²) in [5.74, 6) is -0.0109. The Bertz CT molecular complexity index is 396. The predicted octanol–water partition coefficient (Wildman–Crippen LogP) is 0.722. The fourth-order valence-electron chi connectivity index (χ4n) is 2.22. The number of nitrogens with zero attached hydrogens (tertiary/aromatic N) is 3. The summed E-state index contributed by atoms with van der Waals surface area (Å²) < 4.78 is 6.99. The highest BCUT2D eigenvalue weighted by molar-refractivity contribution is 5.75. The van der Waals surface area contributed by atoms with E-state index in [1.54, 1.807) is 4.68 Å². The average molecular weight is 239 g/mol. The van der Waals surface area contributed by atoms with Gasteiger partial charge in [0, 0.05) is 26.2 Å². The fourth-order valence-corrected chi connectivity index (χ4v) is 2.22. The number of aryl methyl sites for hydroxylation is 1. The predicted molar refractivity (Wildman–Crippen MR) is 59.5 cm³/mol. The molecule has 2 rings (SSSR count).